The number of allylic oxidation sites excluding steroid dienone is 4. The van der Waals surface area contributed by atoms with E-state index in [0.717, 1.165) is 57.8 Å². The number of hydrogen-bond donors (Lipinski definition) is 7. The predicted molar refractivity (Wildman–Crippen MR) is 252 cm³/mol. The highest BCUT2D eigenvalue weighted by Crippen LogP contribution is 2.26. The molecular weight excluding hydrogens is 853 g/mol. The molecule has 0 amide bonds. The van der Waals surface area contributed by atoms with Gasteiger partial charge in [-0.15, -0.1) is 0 Å². The highest BCUT2D eigenvalue weighted by molar-refractivity contribution is 5.70. The fourth-order valence-electron chi connectivity index (χ4n) is 8.09. The quantitative estimate of drug-likeness (QED) is 0.0184. The van der Waals surface area contributed by atoms with E-state index in [-0.39, 0.29) is 26.1 Å². The summed E-state index contributed by atoms with van der Waals surface area (Å²) in [5.41, 5.74) is 0. The Morgan fingerprint density at radius 1 is 0.470 bits per heavy atom. The third-order valence-electron chi connectivity index (χ3n) is 12.4. The van der Waals surface area contributed by atoms with E-state index in [1.807, 2.05) is 0 Å². The number of carbonyl (C=O) groups is 2. The first-order valence-electron chi connectivity index (χ1n) is 25.9. The van der Waals surface area contributed by atoms with Crippen LogP contribution in [0.25, 0.3) is 0 Å². The number of aliphatic hydroxyl groups is 7. The van der Waals surface area contributed by atoms with Gasteiger partial charge in [-0.1, -0.05) is 141 Å². The molecule has 386 valence electrons. The second-order valence-corrected chi connectivity index (χ2v) is 18.3. The van der Waals surface area contributed by atoms with E-state index in [2.05, 4.69) is 38.2 Å². The zero-order valence-electron chi connectivity index (χ0n) is 40.7. The zero-order valence-corrected chi connectivity index (χ0v) is 40.7. The van der Waals surface area contributed by atoms with Crippen LogP contribution in [0.1, 0.15) is 194 Å². The molecule has 2 aliphatic rings. The average Bonchev–Trinajstić information content (AvgIpc) is 3.31. The van der Waals surface area contributed by atoms with E-state index in [1.54, 1.807) is 0 Å². The molecule has 2 saturated heterocycles. The maximum atomic E-state index is 13.0. The Morgan fingerprint density at radius 2 is 0.864 bits per heavy atom. The van der Waals surface area contributed by atoms with Crippen LogP contribution in [-0.2, 0) is 38.0 Å². The minimum absolute atomic E-state index is 0.156. The summed E-state index contributed by atoms with van der Waals surface area (Å²) in [5.74, 6) is -0.933. The van der Waals surface area contributed by atoms with Gasteiger partial charge in [0.25, 0.3) is 0 Å². The van der Waals surface area contributed by atoms with Gasteiger partial charge in [0, 0.05) is 12.8 Å². The lowest BCUT2D eigenvalue weighted by Crippen LogP contribution is -2.61. The fourth-order valence-corrected chi connectivity index (χ4v) is 8.09. The topological polar surface area (TPSA) is 231 Å². The number of carbonyl (C=O) groups excluding carboxylic acids is 2. The van der Waals surface area contributed by atoms with Crippen LogP contribution in [0.4, 0.5) is 0 Å². The molecule has 2 rings (SSSR count). The molecule has 0 aromatic heterocycles. The largest absolute Gasteiger partial charge is 0.462 e. The van der Waals surface area contributed by atoms with Gasteiger partial charge in [0.2, 0.25) is 0 Å². The van der Waals surface area contributed by atoms with E-state index in [4.69, 9.17) is 28.4 Å². The normalized spacial score (nSPS) is 26.3. The third kappa shape index (κ3) is 26.7. The maximum absolute atomic E-state index is 13.0. The lowest BCUT2D eigenvalue weighted by atomic mass is 9.98. The van der Waals surface area contributed by atoms with Crippen molar-refractivity contribution in [3.63, 3.8) is 0 Å². The Morgan fingerprint density at radius 3 is 1.33 bits per heavy atom. The van der Waals surface area contributed by atoms with Gasteiger partial charge >= 0.3 is 11.9 Å². The van der Waals surface area contributed by atoms with Gasteiger partial charge in [-0.25, -0.2) is 0 Å². The molecule has 0 saturated carbocycles. The van der Waals surface area contributed by atoms with Crippen molar-refractivity contribution in [2.45, 2.75) is 261 Å². The summed E-state index contributed by atoms with van der Waals surface area (Å²) in [5, 5.41) is 72.0. The standard InChI is InChI=1S/C51H92O15/c1-3-5-7-9-11-13-15-17-18-19-20-22-23-25-27-29-31-33-42(53)61-36-39(64-43(54)34-32-30-28-26-24-21-16-14-12-10-8-6-4-2)37-62-50-49(60)47(58)45(56)41(66-50)38-63-51-48(59)46(57)44(55)40(35-52)65-51/h13-16,39-41,44-52,55-60H,3-12,17-38H2,1-2H3/b15-13+,16-14+/t39-,40+,41+,44-,45-,46?,47?,48?,49?,50+,51+/m0/s1. The van der Waals surface area contributed by atoms with Crippen molar-refractivity contribution in [2.24, 2.45) is 0 Å². The summed E-state index contributed by atoms with van der Waals surface area (Å²) in [6, 6.07) is 0. The van der Waals surface area contributed by atoms with Gasteiger partial charge in [0.15, 0.2) is 18.7 Å². The third-order valence-corrected chi connectivity index (χ3v) is 12.4. The highest BCUT2D eigenvalue weighted by Gasteiger charge is 2.47. The molecule has 0 bridgehead atoms. The fraction of sp³-hybridized carbons (Fsp3) is 0.882. The summed E-state index contributed by atoms with van der Waals surface area (Å²) >= 11 is 0. The SMILES string of the molecule is CCCCCC/C=C/CCCCCCCCCCCC(=O)OC[C@@H](CO[C@@H]1O[C@H](CO[C@@H]2O[C@H](CO)[C@H](O)C(O)C2O)[C@H](O)C(O)C1O)OC(=O)CCCCCCC/C=C/CCCCCC. The Hall–Kier alpha value is -2.02. The monoisotopic (exact) mass is 945 g/mol. The average molecular weight is 945 g/mol. The molecule has 66 heavy (non-hydrogen) atoms. The molecule has 2 fully saturated rings. The maximum Gasteiger partial charge on any atom is 0.306 e. The van der Waals surface area contributed by atoms with E-state index in [1.165, 1.54) is 96.3 Å². The summed E-state index contributed by atoms with van der Waals surface area (Å²) in [7, 11) is 0. The van der Waals surface area contributed by atoms with Crippen LogP contribution in [0.2, 0.25) is 0 Å². The smallest absolute Gasteiger partial charge is 0.306 e. The lowest BCUT2D eigenvalue weighted by Gasteiger charge is -2.42. The number of ether oxygens (including phenoxy) is 6. The molecular formula is C51H92O15. The molecule has 0 spiro atoms. The number of hydrogen-bond acceptors (Lipinski definition) is 15. The molecule has 4 unspecified atom stereocenters. The molecule has 0 aromatic carbocycles. The van der Waals surface area contributed by atoms with Crippen molar-refractivity contribution in [2.75, 3.05) is 26.4 Å². The molecule has 0 aromatic rings. The van der Waals surface area contributed by atoms with E-state index in [0.29, 0.717) is 12.8 Å². The van der Waals surface area contributed by atoms with Crippen LogP contribution < -0.4 is 0 Å². The summed E-state index contributed by atoms with van der Waals surface area (Å²) in [6.45, 7) is 2.56. The lowest BCUT2D eigenvalue weighted by molar-refractivity contribution is -0.332. The van der Waals surface area contributed by atoms with Crippen LogP contribution in [0.15, 0.2) is 24.3 Å². The minimum atomic E-state index is -1.76. The van der Waals surface area contributed by atoms with E-state index in [9.17, 15) is 45.3 Å². The van der Waals surface area contributed by atoms with Crippen LogP contribution in [0.5, 0.6) is 0 Å². The van der Waals surface area contributed by atoms with Gasteiger partial charge in [-0.05, 0) is 64.2 Å². The Labute approximate surface area is 396 Å². The Bertz CT molecular complexity index is 1250. The predicted octanol–water partition coefficient (Wildman–Crippen LogP) is 7.16. The van der Waals surface area contributed by atoms with Crippen LogP contribution in [-0.4, -0.2) is 142 Å². The number of rotatable bonds is 40. The number of esters is 2. The molecule has 11 atom stereocenters. The highest BCUT2D eigenvalue weighted by atomic mass is 16.7. The second-order valence-electron chi connectivity index (χ2n) is 18.3. The van der Waals surface area contributed by atoms with Crippen molar-refractivity contribution in [3.8, 4) is 0 Å². The van der Waals surface area contributed by atoms with Gasteiger partial charge in [0.1, 0.15) is 55.4 Å². The van der Waals surface area contributed by atoms with E-state index >= 15 is 0 Å². The van der Waals surface area contributed by atoms with Crippen molar-refractivity contribution >= 4 is 11.9 Å². The van der Waals surface area contributed by atoms with Crippen LogP contribution in [0, 0.1) is 0 Å². The second kappa shape index (κ2) is 38.8. The van der Waals surface area contributed by atoms with E-state index < -0.39 is 92.7 Å². The molecule has 0 aliphatic carbocycles. The van der Waals surface area contributed by atoms with Crippen molar-refractivity contribution in [1.29, 1.82) is 0 Å². The molecule has 2 heterocycles. The molecule has 0 radical (unpaired) electrons. The van der Waals surface area contributed by atoms with Crippen molar-refractivity contribution in [3.05, 3.63) is 24.3 Å². The molecule has 7 N–H and O–H groups in total. The minimum Gasteiger partial charge on any atom is -0.462 e. The summed E-state index contributed by atoms with van der Waals surface area (Å²) in [6.07, 6.45) is 22.0. The molecule has 15 heteroatoms. The first-order chi connectivity index (χ1) is 32.0. The summed E-state index contributed by atoms with van der Waals surface area (Å²) in [4.78, 5) is 25.7. The molecule has 2 aliphatic heterocycles. The number of unbranched alkanes of at least 4 members (excludes halogenated alkanes) is 22. The van der Waals surface area contributed by atoms with Gasteiger partial charge in [-0.3, -0.25) is 9.59 Å². The van der Waals surface area contributed by atoms with Gasteiger partial charge in [-0.2, -0.15) is 0 Å². The number of aliphatic hydroxyl groups excluding tert-OH is 7. The first-order valence-corrected chi connectivity index (χ1v) is 25.9. The zero-order chi connectivity index (χ0) is 48.2. The van der Waals surface area contributed by atoms with Crippen LogP contribution in [0.3, 0.4) is 0 Å². The van der Waals surface area contributed by atoms with Crippen molar-refractivity contribution in [1.82, 2.24) is 0 Å². The Kier molecular flexibility index (Phi) is 35.3. The van der Waals surface area contributed by atoms with Crippen molar-refractivity contribution < 1.29 is 73.8 Å². The first kappa shape index (κ1) is 60.1. The summed E-state index contributed by atoms with van der Waals surface area (Å²) < 4.78 is 33.6. The Balaban J connectivity index is 1.80. The van der Waals surface area contributed by atoms with Gasteiger partial charge in [0.05, 0.1) is 19.8 Å². The molecule has 15 nitrogen and oxygen atoms in total. The van der Waals surface area contributed by atoms with Crippen LogP contribution >= 0.6 is 0 Å². The van der Waals surface area contributed by atoms with Gasteiger partial charge < -0.3 is 64.2 Å².